The second kappa shape index (κ2) is 8.18. The average Bonchev–Trinajstić information content (AvgIpc) is 3.02. The zero-order chi connectivity index (χ0) is 14.9. The maximum Gasteiger partial charge on any atom is 0.234 e. The third kappa shape index (κ3) is 5.02. The molecule has 0 saturated heterocycles. The lowest BCUT2D eigenvalue weighted by atomic mass is 10.2. The Morgan fingerprint density at radius 1 is 1.33 bits per heavy atom. The fourth-order valence-electron chi connectivity index (χ4n) is 1.87. The minimum atomic E-state index is -0.0258. The van der Waals surface area contributed by atoms with Crippen LogP contribution in [0, 0.1) is 0 Å². The molecular formula is C15H20N4O2. The number of hydrogen-bond acceptors (Lipinski definition) is 4. The van der Waals surface area contributed by atoms with E-state index in [-0.39, 0.29) is 5.91 Å². The third-order valence-corrected chi connectivity index (χ3v) is 2.98. The van der Waals surface area contributed by atoms with Gasteiger partial charge < -0.3 is 19.9 Å². The Labute approximate surface area is 124 Å². The zero-order valence-electron chi connectivity index (χ0n) is 12.1. The van der Waals surface area contributed by atoms with Crippen molar-refractivity contribution in [2.24, 2.45) is 0 Å². The van der Waals surface area contributed by atoms with Gasteiger partial charge in [0.15, 0.2) is 0 Å². The van der Waals surface area contributed by atoms with Gasteiger partial charge in [0.25, 0.3) is 0 Å². The Balaban J connectivity index is 1.73. The summed E-state index contributed by atoms with van der Waals surface area (Å²) < 4.78 is 6.81. The molecule has 6 heteroatoms. The van der Waals surface area contributed by atoms with E-state index in [1.54, 1.807) is 19.6 Å². The van der Waals surface area contributed by atoms with Crippen LogP contribution in [0.3, 0.4) is 0 Å². The summed E-state index contributed by atoms with van der Waals surface area (Å²) in [5.41, 5.74) is 2.19. The molecule has 2 N–H and O–H groups in total. The molecule has 0 aliphatic heterocycles. The van der Waals surface area contributed by atoms with Gasteiger partial charge in [0.05, 0.1) is 19.5 Å². The molecule has 0 saturated carbocycles. The van der Waals surface area contributed by atoms with Crippen LogP contribution in [0.1, 0.15) is 5.56 Å². The monoisotopic (exact) mass is 288 g/mol. The van der Waals surface area contributed by atoms with E-state index in [1.165, 1.54) is 0 Å². The molecule has 1 aromatic carbocycles. The van der Waals surface area contributed by atoms with Crippen molar-refractivity contribution < 1.29 is 9.53 Å². The summed E-state index contributed by atoms with van der Waals surface area (Å²) in [6.45, 7) is 2.02. The molecule has 1 amide bonds. The first kappa shape index (κ1) is 15.2. The summed E-state index contributed by atoms with van der Waals surface area (Å²) in [5.74, 6) is -0.0258. The molecule has 21 heavy (non-hydrogen) atoms. The standard InChI is InChI=1S/C15H20N4O2/c1-21-9-7-18-15(20)11-17-10-13-2-4-14(5-3-13)19-8-6-16-12-19/h2-6,8,12,17H,7,9-11H2,1H3,(H,18,20). The van der Waals surface area contributed by atoms with Crippen molar-refractivity contribution in [3.63, 3.8) is 0 Å². The number of nitrogens with zero attached hydrogens (tertiary/aromatic N) is 2. The summed E-state index contributed by atoms with van der Waals surface area (Å²) in [7, 11) is 1.61. The number of rotatable bonds is 8. The second-order valence-electron chi connectivity index (χ2n) is 4.58. The van der Waals surface area contributed by atoms with E-state index in [0.717, 1.165) is 11.3 Å². The summed E-state index contributed by atoms with van der Waals surface area (Å²) >= 11 is 0. The van der Waals surface area contributed by atoms with Crippen molar-refractivity contribution in [3.8, 4) is 5.69 Å². The van der Waals surface area contributed by atoms with E-state index in [1.807, 2.05) is 35.0 Å². The van der Waals surface area contributed by atoms with Gasteiger partial charge >= 0.3 is 0 Å². The van der Waals surface area contributed by atoms with E-state index in [9.17, 15) is 4.79 Å². The van der Waals surface area contributed by atoms with Gasteiger partial charge in [-0.1, -0.05) is 12.1 Å². The number of aromatic nitrogens is 2. The molecule has 2 rings (SSSR count). The molecule has 112 valence electrons. The van der Waals surface area contributed by atoms with Crippen molar-refractivity contribution >= 4 is 5.91 Å². The van der Waals surface area contributed by atoms with E-state index in [4.69, 9.17) is 4.74 Å². The predicted molar refractivity (Wildman–Crippen MR) is 80.2 cm³/mol. The second-order valence-corrected chi connectivity index (χ2v) is 4.58. The molecule has 0 aliphatic carbocycles. The Bertz CT molecular complexity index is 537. The first-order valence-corrected chi connectivity index (χ1v) is 6.83. The molecule has 0 spiro atoms. The SMILES string of the molecule is COCCNC(=O)CNCc1ccc(-n2ccnc2)cc1. The maximum absolute atomic E-state index is 11.5. The number of carbonyl (C=O) groups excluding carboxylic acids is 1. The first-order valence-electron chi connectivity index (χ1n) is 6.83. The lowest BCUT2D eigenvalue weighted by molar-refractivity contribution is -0.120. The molecule has 1 aromatic heterocycles. The maximum atomic E-state index is 11.5. The van der Waals surface area contributed by atoms with Crippen LogP contribution in [-0.2, 0) is 16.1 Å². The predicted octanol–water partition coefficient (Wildman–Crippen LogP) is 0.725. The number of amides is 1. The Hall–Kier alpha value is -2.18. The Kier molecular flexibility index (Phi) is 5.93. The molecule has 6 nitrogen and oxygen atoms in total. The van der Waals surface area contributed by atoms with Gasteiger partial charge in [-0.25, -0.2) is 4.98 Å². The van der Waals surface area contributed by atoms with Crippen LogP contribution < -0.4 is 10.6 Å². The molecule has 0 atom stereocenters. The van der Waals surface area contributed by atoms with Crippen LogP contribution in [0.15, 0.2) is 43.0 Å². The molecule has 1 heterocycles. The fraction of sp³-hybridized carbons (Fsp3) is 0.333. The quantitative estimate of drug-likeness (QED) is 0.703. The summed E-state index contributed by atoms with van der Waals surface area (Å²) in [5, 5.41) is 5.87. The number of hydrogen-bond donors (Lipinski definition) is 2. The van der Waals surface area contributed by atoms with Crippen molar-refractivity contribution in [2.45, 2.75) is 6.54 Å². The van der Waals surface area contributed by atoms with Crippen molar-refractivity contribution in [2.75, 3.05) is 26.8 Å². The van der Waals surface area contributed by atoms with Crippen LogP contribution >= 0.6 is 0 Å². The molecule has 0 aliphatic rings. The number of benzene rings is 1. The Morgan fingerprint density at radius 3 is 2.81 bits per heavy atom. The lowest BCUT2D eigenvalue weighted by Crippen LogP contribution is -2.35. The van der Waals surface area contributed by atoms with Crippen LogP contribution in [0.25, 0.3) is 5.69 Å². The minimum Gasteiger partial charge on any atom is -0.383 e. The minimum absolute atomic E-state index is 0.0258. The van der Waals surface area contributed by atoms with Crippen molar-refractivity contribution in [1.82, 2.24) is 20.2 Å². The number of ether oxygens (including phenoxy) is 1. The zero-order valence-corrected chi connectivity index (χ0v) is 12.1. The van der Waals surface area contributed by atoms with Gasteiger partial charge in [-0.3, -0.25) is 4.79 Å². The molecule has 2 aromatic rings. The summed E-state index contributed by atoms with van der Waals surface area (Å²) in [6, 6.07) is 8.12. The van der Waals surface area contributed by atoms with Gasteiger partial charge in [0.1, 0.15) is 0 Å². The number of imidazole rings is 1. The van der Waals surface area contributed by atoms with Crippen LogP contribution in [0.5, 0.6) is 0 Å². The van der Waals surface area contributed by atoms with Crippen LogP contribution in [0.4, 0.5) is 0 Å². The van der Waals surface area contributed by atoms with Gasteiger partial charge in [-0.05, 0) is 17.7 Å². The van der Waals surface area contributed by atoms with Gasteiger partial charge in [0, 0.05) is 38.3 Å². The highest BCUT2D eigenvalue weighted by atomic mass is 16.5. The van der Waals surface area contributed by atoms with Crippen molar-refractivity contribution in [3.05, 3.63) is 48.5 Å². The normalized spacial score (nSPS) is 10.5. The van der Waals surface area contributed by atoms with Crippen LogP contribution in [-0.4, -0.2) is 42.3 Å². The van der Waals surface area contributed by atoms with E-state index >= 15 is 0 Å². The van der Waals surface area contributed by atoms with Gasteiger partial charge in [-0.2, -0.15) is 0 Å². The molecule has 0 fully saturated rings. The number of methoxy groups -OCH3 is 1. The molecule has 0 unspecified atom stereocenters. The molecule has 0 radical (unpaired) electrons. The van der Waals surface area contributed by atoms with E-state index < -0.39 is 0 Å². The van der Waals surface area contributed by atoms with Crippen molar-refractivity contribution in [1.29, 1.82) is 0 Å². The van der Waals surface area contributed by atoms with Crippen LogP contribution in [0.2, 0.25) is 0 Å². The largest absolute Gasteiger partial charge is 0.383 e. The third-order valence-electron chi connectivity index (χ3n) is 2.98. The number of carbonyl (C=O) groups is 1. The summed E-state index contributed by atoms with van der Waals surface area (Å²) in [6.07, 6.45) is 5.41. The van der Waals surface area contributed by atoms with E-state index in [0.29, 0.717) is 26.2 Å². The fourth-order valence-corrected chi connectivity index (χ4v) is 1.87. The van der Waals surface area contributed by atoms with E-state index in [2.05, 4.69) is 15.6 Å². The highest BCUT2D eigenvalue weighted by Crippen LogP contribution is 2.08. The van der Waals surface area contributed by atoms with Gasteiger partial charge in [-0.15, -0.1) is 0 Å². The van der Waals surface area contributed by atoms with Gasteiger partial charge in [0.2, 0.25) is 5.91 Å². The highest BCUT2D eigenvalue weighted by molar-refractivity contribution is 5.77. The summed E-state index contributed by atoms with van der Waals surface area (Å²) in [4.78, 5) is 15.5. The average molecular weight is 288 g/mol. The Morgan fingerprint density at radius 2 is 2.14 bits per heavy atom. The topological polar surface area (TPSA) is 68.2 Å². The highest BCUT2D eigenvalue weighted by Gasteiger charge is 2.00. The smallest absolute Gasteiger partial charge is 0.234 e. The lowest BCUT2D eigenvalue weighted by Gasteiger charge is -2.07. The molecular weight excluding hydrogens is 268 g/mol. The molecule has 0 bridgehead atoms. The first-order chi connectivity index (χ1) is 10.3. The number of nitrogens with one attached hydrogen (secondary N) is 2.